The van der Waals surface area contributed by atoms with Crippen molar-refractivity contribution in [2.75, 3.05) is 0 Å². The zero-order valence-corrected chi connectivity index (χ0v) is 13.8. The summed E-state index contributed by atoms with van der Waals surface area (Å²) in [5, 5.41) is 58.4. The van der Waals surface area contributed by atoms with Crippen molar-refractivity contribution in [3.05, 3.63) is 0 Å². The summed E-state index contributed by atoms with van der Waals surface area (Å²) in [6, 6.07) is 0. The number of hydroxylamine groups is 2. The second-order valence-electron chi connectivity index (χ2n) is 6.13. The summed E-state index contributed by atoms with van der Waals surface area (Å²) >= 11 is 0. The predicted octanol–water partition coefficient (Wildman–Crippen LogP) is -4.58. The zero-order chi connectivity index (χ0) is 20.5. The molecule has 0 aromatic heterocycles. The van der Waals surface area contributed by atoms with E-state index in [2.05, 4.69) is 9.57 Å². The molecule has 0 unspecified atom stereocenters. The third-order valence-electron chi connectivity index (χ3n) is 4.20. The van der Waals surface area contributed by atoms with E-state index in [1.165, 1.54) is 0 Å². The Morgan fingerprint density at radius 1 is 0.889 bits per heavy atom. The lowest BCUT2D eigenvalue weighted by Gasteiger charge is -2.46. The summed E-state index contributed by atoms with van der Waals surface area (Å²) in [7, 11) is 0. The molecule has 152 valence electrons. The lowest BCUT2D eigenvalue weighted by molar-refractivity contribution is -0.347. The molecule has 13 nitrogen and oxygen atoms in total. The average molecular weight is 393 g/mol. The van der Waals surface area contributed by atoms with Crippen LogP contribution in [0.5, 0.6) is 0 Å². The van der Waals surface area contributed by atoms with Crippen molar-refractivity contribution in [1.29, 1.82) is 0 Å². The van der Waals surface area contributed by atoms with E-state index in [1.54, 1.807) is 0 Å². The maximum absolute atomic E-state index is 11.8. The number of aliphatic hydroxyl groups is 6. The monoisotopic (exact) mass is 393 g/mol. The number of rotatable bonds is 5. The minimum atomic E-state index is -3.15. The molecule has 1 saturated carbocycles. The summed E-state index contributed by atoms with van der Waals surface area (Å²) in [5.41, 5.74) is 0. The smallest absolute Gasteiger partial charge is 0.333 e. The van der Waals surface area contributed by atoms with Crippen LogP contribution in [-0.4, -0.2) is 95.8 Å². The SMILES string of the molecule is O=C(CCC(=O)O[C@]1(O)[C@H](O)[C@H](O)[C@@H](O)[C@H](O)[C@H]1O)ON1C(=O)CCC1=O. The van der Waals surface area contributed by atoms with E-state index >= 15 is 0 Å². The van der Waals surface area contributed by atoms with Gasteiger partial charge in [-0.3, -0.25) is 14.4 Å². The number of ether oxygens (including phenoxy) is 1. The molecule has 2 rings (SSSR count). The fourth-order valence-electron chi connectivity index (χ4n) is 2.60. The van der Waals surface area contributed by atoms with Gasteiger partial charge in [-0.15, -0.1) is 5.06 Å². The van der Waals surface area contributed by atoms with Gasteiger partial charge in [0, 0.05) is 12.8 Å². The first-order valence-corrected chi connectivity index (χ1v) is 7.90. The Hall–Kier alpha value is -2.16. The number of carbonyl (C=O) groups excluding carboxylic acids is 4. The molecule has 27 heavy (non-hydrogen) atoms. The van der Waals surface area contributed by atoms with Crippen molar-refractivity contribution in [2.45, 2.75) is 62.0 Å². The molecule has 1 aliphatic heterocycles. The average Bonchev–Trinajstić information content (AvgIpc) is 2.94. The van der Waals surface area contributed by atoms with Gasteiger partial charge >= 0.3 is 11.9 Å². The Morgan fingerprint density at radius 2 is 1.33 bits per heavy atom. The highest BCUT2D eigenvalue weighted by Gasteiger charge is 2.60. The highest BCUT2D eigenvalue weighted by molar-refractivity contribution is 6.01. The van der Waals surface area contributed by atoms with E-state index < -0.39 is 72.9 Å². The van der Waals surface area contributed by atoms with Crippen molar-refractivity contribution in [3.63, 3.8) is 0 Å². The highest BCUT2D eigenvalue weighted by Crippen LogP contribution is 2.31. The van der Waals surface area contributed by atoms with Gasteiger partial charge in [-0.25, -0.2) is 4.79 Å². The van der Waals surface area contributed by atoms with Crippen molar-refractivity contribution < 1.29 is 59.4 Å². The molecule has 6 atom stereocenters. The highest BCUT2D eigenvalue weighted by atomic mass is 16.7. The van der Waals surface area contributed by atoms with Gasteiger partial charge in [0.25, 0.3) is 17.6 Å². The number of hydrogen-bond donors (Lipinski definition) is 6. The Balaban J connectivity index is 1.91. The third-order valence-corrected chi connectivity index (χ3v) is 4.20. The second kappa shape index (κ2) is 7.84. The molecular weight excluding hydrogens is 374 g/mol. The van der Waals surface area contributed by atoms with E-state index in [0.29, 0.717) is 0 Å². The molecule has 0 radical (unpaired) electrons. The number of hydrogen-bond acceptors (Lipinski definition) is 12. The number of imide groups is 1. The van der Waals surface area contributed by atoms with Crippen LogP contribution in [0.3, 0.4) is 0 Å². The van der Waals surface area contributed by atoms with E-state index in [1.807, 2.05) is 0 Å². The first-order valence-electron chi connectivity index (χ1n) is 7.90. The van der Waals surface area contributed by atoms with Crippen LogP contribution in [0, 0.1) is 0 Å². The van der Waals surface area contributed by atoms with Gasteiger partial charge in [0.1, 0.15) is 18.3 Å². The van der Waals surface area contributed by atoms with Gasteiger partial charge in [0.15, 0.2) is 12.2 Å². The van der Waals surface area contributed by atoms with Gasteiger partial charge in [0.2, 0.25) is 0 Å². The Labute approximate surface area is 151 Å². The number of esters is 1. The molecular formula is C14H19NO12. The summed E-state index contributed by atoms with van der Waals surface area (Å²) in [5.74, 6) is -7.08. The van der Waals surface area contributed by atoms with Crippen LogP contribution in [0.1, 0.15) is 25.7 Å². The van der Waals surface area contributed by atoms with Gasteiger partial charge in [-0.1, -0.05) is 0 Å². The summed E-state index contributed by atoms with van der Waals surface area (Å²) in [6.07, 6.45) is -12.7. The van der Waals surface area contributed by atoms with Gasteiger partial charge < -0.3 is 40.2 Å². The number of nitrogens with zero attached hydrogens (tertiary/aromatic N) is 1. The molecule has 1 heterocycles. The van der Waals surface area contributed by atoms with Crippen LogP contribution in [0.25, 0.3) is 0 Å². The van der Waals surface area contributed by atoms with Crippen molar-refractivity contribution in [2.24, 2.45) is 0 Å². The summed E-state index contributed by atoms with van der Waals surface area (Å²) < 4.78 is 4.49. The largest absolute Gasteiger partial charge is 0.427 e. The van der Waals surface area contributed by atoms with Crippen molar-refractivity contribution in [1.82, 2.24) is 5.06 Å². The minimum absolute atomic E-state index is 0.118. The van der Waals surface area contributed by atoms with Gasteiger partial charge in [-0.05, 0) is 0 Å². The van der Waals surface area contributed by atoms with E-state index in [0.717, 1.165) is 0 Å². The van der Waals surface area contributed by atoms with E-state index in [-0.39, 0.29) is 17.9 Å². The molecule has 1 saturated heterocycles. The van der Waals surface area contributed by atoms with E-state index in [4.69, 9.17) is 0 Å². The van der Waals surface area contributed by atoms with Crippen LogP contribution in [0.2, 0.25) is 0 Å². The van der Waals surface area contributed by atoms with E-state index in [9.17, 15) is 49.8 Å². The third kappa shape index (κ3) is 4.07. The van der Waals surface area contributed by atoms with Gasteiger partial charge in [0.05, 0.1) is 12.8 Å². The Kier molecular flexibility index (Phi) is 6.14. The second-order valence-corrected chi connectivity index (χ2v) is 6.13. The molecule has 2 amide bonds. The fraction of sp³-hybridized carbons (Fsp3) is 0.714. The van der Waals surface area contributed by atoms with Crippen LogP contribution in [0.15, 0.2) is 0 Å². The number of aliphatic hydroxyl groups excluding tert-OH is 5. The number of amides is 2. The Bertz CT molecular complexity index is 604. The Morgan fingerprint density at radius 3 is 1.81 bits per heavy atom. The normalized spacial score (nSPS) is 36.7. The first kappa shape index (κ1) is 21.1. The van der Waals surface area contributed by atoms with Crippen LogP contribution < -0.4 is 0 Å². The minimum Gasteiger partial charge on any atom is -0.427 e. The van der Waals surface area contributed by atoms with Crippen molar-refractivity contribution in [3.8, 4) is 0 Å². The molecule has 2 aliphatic rings. The molecule has 0 aromatic rings. The quantitative estimate of drug-likeness (QED) is 0.148. The van der Waals surface area contributed by atoms with Crippen LogP contribution >= 0.6 is 0 Å². The maximum Gasteiger partial charge on any atom is 0.333 e. The predicted molar refractivity (Wildman–Crippen MR) is 77.5 cm³/mol. The summed E-state index contributed by atoms with van der Waals surface area (Å²) in [6.45, 7) is 0. The van der Waals surface area contributed by atoms with Crippen LogP contribution in [0.4, 0.5) is 0 Å². The topological polar surface area (TPSA) is 211 Å². The molecule has 0 aromatic carbocycles. The lowest BCUT2D eigenvalue weighted by atomic mass is 9.82. The molecule has 0 spiro atoms. The summed E-state index contributed by atoms with van der Waals surface area (Å²) in [4.78, 5) is 50.5. The van der Waals surface area contributed by atoms with Gasteiger partial charge in [-0.2, -0.15) is 0 Å². The number of carbonyl (C=O) groups is 4. The molecule has 6 N–H and O–H groups in total. The maximum atomic E-state index is 11.8. The van der Waals surface area contributed by atoms with Crippen molar-refractivity contribution >= 4 is 23.8 Å². The lowest BCUT2D eigenvalue weighted by Crippen LogP contribution is -2.72. The molecule has 1 aliphatic carbocycles. The van der Waals surface area contributed by atoms with Crippen LogP contribution in [-0.2, 0) is 28.8 Å². The molecule has 2 fully saturated rings. The zero-order valence-electron chi connectivity index (χ0n) is 13.8. The fourth-order valence-corrected chi connectivity index (χ4v) is 2.60. The molecule has 0 bridgehead atoms. The molecule has 13 heteroatoms. The first-order chi connectivity index (χ1) is 12.5. The standard InChI is InChI=1S/C14H19NO12/c16-5-1-2-6(17)15(5)27-8(19)4-3-7(18)26-14(25)12(23)10(21)9(20)11(22)13(14)24/h9-13,20-25H,1-4H2/t9-,10-,11+,12-,13-,14-/m1/s1.